The first-order chi connectivity index (χ1) is 9.43. The molecule has 3 aliphatic rings. The lowest BCUT2D eigenvalue weighted by Crippen LogP contribution is -2.54. The number of hydrogen-bond donors (Lipinski definition) is 1. The average molecular weight is 317 g/mol. The molecule has 0 aromatic rings. The van der Waals surface area contributed by atoms with Crippen molar-refractivity contribution >= 4 is 27.4 Å². The quantitative estimate of drug-likeness (QED) is 0.757. The largest absolute Gasteiger partial charge is 0.360 e. The number of nitrogens with zero attached hydrogens (tertiary/aromatic N) is 2. The van der Waals surface area contributed by atoms with E-state index in [1.807, 2.05) is 0 Å². The van der Waals surface area contributed by atoms with E-state index in [2.05, 4.69) is 10.2 Å². The zero-order valence-electron chi connectivity index (χ0n) is 11.9. The molecule has 3 fully saturated rings. The van der Waals surface area contributed by atoms with Gasteiger partial charge in [0.05, 0.1) is 6.26 Å². The molecule has 0 radical (unpaired) electrons. The number of fused-ring (bicyclic) bond motifs is 2. The molecule has 2 bridgehead atoms. The highest BCUT2D eigenvalue weighted by Gasteiger charge is 2.40. The van der Waals surface area contributed by atoms with Crippen LogP contribution in [0.15, 0.2) is 0 Å². The summed E-state index contributed by atoms with van der Waals surface area (Å²) in [6.45, 7) is 2.47. The fourth-order valence-electron chi connectivity index (χ4n) is 3.89. The third-order valence-electron chi connectivity index (χ3n) is 5.04. The third kappa shape index (κ3) is 2.94. The normalized spacial score (nSPS) is 34.5. The summed E-state index contributed by atoms with van der Waals surface area (Å²) >= 11 is 5.51. The van der Waals surface area contributed by atoms with E-state index < -0.39 is 10.0 Å². The van der Waals surface area contributed by atoms with Crippen molar-refractivity contribution in [2.24, 2.45) is 11.8 Å². The molecular formula is C13H23N3O2S2. The Hall–Kier alpha value is -0.400. The molecule has 2 saturated carbocycles. The van der Waals surface area contributed by atoms with Gasteiger partial charge in [-0.3, -0.25) is 0 Å². The predicted octanol–water partition coefficient (Wildman–Crippen LogP) is 0.627. The second kappa shape index (κ2) is 5.42. The molecule has 0 amide bonds. The van der Waals surface area contributed by atoms with Crippen molar-refractivity contribution in [2.75, 3.05) is 32.4 Å². The Balaban J connectivity index is 1.50. The number of nitrogens with one attached hydrogen (secondary N) is 1. The van der Waals surface area contributed by atoms with Crippen molar-refractivity contribution in [3.8, 4) is 0 Å². The van der Waals surface area contributed by atoms with E-state index in [0.29, 0.717) is 32.2 Å². The zero-order chi connectivity index (χ0) is 14.3. The van der Waals surface area contributed by atoms with Crippen LogP contribution in [-0.4, -0.2) is 61.2 Å². The molecule has 1 saturated heterocycles. The average Bonchev–Trinajstić information content (AvgIpc) is 3.00. The summed E-state index contributed by atoms with van der Waals surface area (Å²) in [5.74, 6) is 1.71. The molecule has 114 valence electrons. The van der Waals surface area contributed by atoms with Crippen molar-refractivity contribution in [3.05, 3.63) is 0 Å². The van der Waals surface area contributed by atoms with Crippen molar-refractivity contribution in [1.82, 2.24) is 14.5 Å². The van der Waals surface area contributed by atoms with Crippen LogP contribution in [-0.2, 0) is 10.0 Å². The van der Waals surface area contributed by atoms with Crippen molar-refractivity contribution in [2.45, 2.75) is 31.7 Å². The molecule has 1 N–H and O–H groups in total. The molecule has 2 aliphatic carbocycles. The maximum atomic E-state index is 11.5. The summed E-state index contributed by atoms with van der Waals surface area (Å²) in [6.07, 6.45) is 6.63. The molecule has 7 heteroatoms. The van der Waals surface area contributed by atoms with Gasteiger partial charge in [-0.2, -0.15) is 4.31 Å². The Labute approximate surface area is 126 Å². The van der Waals surface area contributed by atoms with Crippen molar-refractivity contribution in [1.29, 1.82) is 0 Å². The van der Waals surface area contributed by atoms with E-state index in [1.165, 1.54) is 36.2 Å². The Bertz CT molecular complexity index is 486. The SMILES string of the molecule is CS(=O)(=O)N1CCN(C(=S)N[C@@H]2C[C@H]3CC[C@H]2C3)CC1. The minimum absolute atomic E-state index is 0.539. The van der Waals surface area contributed by atoms with Gasteiger partial charge in [0, 0.05) is 32.2 Å². The fourth-order valence-corrected chi connectivity index (χ4v) is 5.05. The number of piperazine rings is 1. The van der Waals surface area contributed by atoms with Gasteiger partial charge in [-0.25, -0.2) is 8.42 Å². The van der Waals surface area contributed by atoms with Gasteiger partial charge in [-0.05, 0) is 43.3 Å². The Morgan fingerprint density at radius 1 is 1.15 bits per heavy atom. The summed E-state index contributed by atoms with van der Waals surface area (Å²) in [5.41, 5.74) is 0. The van der Waals surface area contributed by atoms with E-state index in [1.54, 1.807) is 0 Å². The predicted molar refractivity (Wildman–Crippen MR) is 83.0 cm³/mol. The lowest BCUT2D eigenvalue weighted by molar-refractivity contribution is 0.259. The summed E-state index contributed by atoms with van der Waals surface area (Å²) < 4.78 is 24.5. The molecule has 5 nitrogen and oxygen atoms in total. The number of hydrogen-bond acceptors (Lipinski definition) is 3. The first kappa shape index (κ1) is 14.5. The highest BCUT2D eigenvalue weighted by Crippen LogP contribution is 2.44. The van der Waals surface area contributed by atoms with Crippen LogP contribution < -0.4 is 5.32 Å². The van der Waals surface area contributed by atoms with Gasteiger partial charge in [0.25, 0.3) is 0 Å². The Morgan fingerprint density at radius 3 is 2.35 bits per heavy atom. The van der Waals surface area contributed by atoms with Crippen LogP contribution in [0.1, 0.15) is 25.7 Å². The van der Waals surface area contributed by atoms with E-state index in [-0.39, 0.29) is 0 Å². The summed E-state index contributed by atoms with van der Waals surface area (Å²) in [4.78, 5) is 2.11. The van der Waals surface area contributed by atoms with E-state index >= 15 is 0 Å². The minimum Gasteiger partial charge on any atom is -0.360 e. The van der Waals surface area contributed by atoms with Crippen LogP contribution in [0.3, 0.4) is 0 Å². The maximum Gasteiger partial charge on any atom is 0.211 e. The topological polar surface area (TPSA) is 52.7 Å². The molecule has 1 aliphatic heterocycles. The van der Waals surface area contributed by atoms with Crippen LogP contribution in [0, 0.1) is 11.8 Å². The molecule has 0 unspecified atom stereocenters. The van der Waals surface area contributed by atoms with Crippen molar-refractivity contribution < 1.29 is 8.42 Å². The fraction of sp³-hybridized carbons (Fsp3) is 0.923. The maximum absolute atomic E-state index is 11.5. The van der Waals surface area contributed by atoms with Crippen LogP contribution >= 0.6 is 12.2 Å². The van der Waals surface area contributed by atoms with Gasteiger partial charge in [-0.15, -0.1) is 0 Å². The van der Waals surface area contributed by atoms with E-state index in [9.17, 15) is 8.42 Å². The summed E-state index contributed by atoms with van der Waals surface area (Å²) in [5, 5.41) is 4.34. The molecule has 3 rings (SSSR count). The molecular weight excluding hydrogens is 294 g/mol. The molecule has 20 heavy (non-hydrogen) atoms. The van der Waals surface area contributed by atoms with Crippen molar-refractivity contribution in [3.63, 3.8) is 0 Å². The number of rotatable bonds is 2. The van der Waals surface area contributed by atoms with E-state index in [0.717, 1.165) is 16.9 Å². The second-order valence-corrected chi connectivity index (χ2v) is 8.75. The first-order valence-corrected chi connectivity index (χ1v) is 9.69. The van der Waals surface area contributed by atoms with Gasteiger partial charge in [0.1, 0.15) is 0 Å². The molecule has 0 spiro atoms. The second-order valence-electron chi connectivity index (χ2n) is 6.38. The number of sulfonamides is 1. The smallest absolute Gasteiger partial charge is 0.211 e. The summed E-state index contributed by atoms with van der Waals surface area (Å²) in [7, 11) is -3.06. The molecule has 0 aromatic carbocycles. The molecule has 0 aromatic heterocycles. The highest BCUT2D eigenvalue weighted by atomic mass is 32.2. The van der Waals surface area contributed by atoms with Gasteiger partial charge in [0.2, 0.25) is 10.0 Å². The highest BCUT2D eigenvalue weighted by molar-refractivity contribution is 7.88. The monoisotopic (exact) mass is 317 g/mol. The van der Waals surface area contributed by atoms with Gasteiger partial charge in [0.15, 0.2) is 5.11 Å². The van der Waals surface area contributed by atoms with Crippen LogP contribution in [0.25, 0.3) is 0 Å². The third-order valence-corrected chi connectivity index (χ3v) is 6.72. The first-order valence-electron chi connectivity index (χ1n) is 7.44. The van der Waals surface area contributed by atoms with Crippen LogP contribution in [0.2, 0.25) is 0 Å². The zero-order valence-corrected chi connectivity index (χ0v) is 13.5. The Morgan fingerprint density at radius 2 is 1.85 bits per heavy atom. The number of thiocarbonyl (C=S) groups is 1. The van der Waals surface area contributed by atoms with Gasteiger partial charge < -0.3 is 10.2 Å². The van der Waals surface area contributed by atoms with Gasteiger partial charge >= 0.3 is 0 Å². The van der Waals surface area contributed by atoms with E-state index in [4.69, 9.17) is 12.2 Å². The molecule has 3 atom stereocenters. The molecule has 1 heterocycles. The lowest BCUT2D eigenvalue weighted by Gasteiger charge is -2.36. The standard InChI is InChI=1S/C13H23N3O2S2/c1-20(17,18)16-6-4-15(5-7-16)13(19)14-12-9-10-2-3-11(12)8-10/h10-12H,2-9H2,1H3,(H,14,19)/t10-,11-,12+/m0/s1. The van der Waals surface area contributed by atoms with Gasteiger partial charge in [-0.1, -0.05) is 6.42 Å². The van der Waals surface area contributed by atoms with Crippen LogP contribution in [0.4, 0.5) is 0 Å². The summed E-state index contributed by atoms with van der Waals surface area (Å²) in [6, 6.07) is 0.550. The minimum atomic E-state index is -3.06. The lowest BCUT2D eigenvalue weighted by atomic mass is 9.95. The Kier molecular flexibility index (Phi) is 3.94. The van der Waals surface area contributed by atoms with Crippen LogP contribution in [0.5, 0.6) is 0 Å².